The summed E-state index contributed by atoms with van der Waals surface area (Å²) in [5, 5.41) is 14.9. The van der Waals surface area contributed by atoms with Crippen molar-refractivity contribution in [2.45, 2.75) is 11.5 Å². The van der Waals surface area contributed by atoms with Crippen LogP contribution >= 0.6 is 0 Å². The number of carbonyl (C=O) groups excluding carboxylic acids is 1. The number of carbonyl (C=O) groups is 1. The van der Waals surface area contributed by atoms with Gasteiger partial charge in [0.05, 0.1) is 6.61 Å². The number of aliphatic hydroxyl groups is 1. The number of hydrogen-bond acceptors (Lipinski definition) is 4. The average Bonchev–Trinajstić information content (AvgIpc) is 2.85. The summed E-state index contributed by atoms with van der Waals surface area (Å²) < 4.78 is 0. The molecule has 3 N–H and O–H groups in total. The van der Waals surface area contributed by atoms with Crippen LogP contribution in [0.3, 0.4) is 0 Å². The number of hydrogen-bond donors (Lipinski definition) is 3. The molecule has 2 unspecified atom stereocenters. The minimum absolute atomic E-state index is 0.0348. The van der Waals surface area contributed by atoms with Crippen molar-refractivity contribution in [3.63, 3.8) is 0 Å². The van der Waals surface area contributed by atoms with Crippen LogP contribution in [0.5, 0.6) is 0 Å². The molecule has 0 saturated carbocycles. The topological polar surface area (TPSA) is 67.8 Å². The molecule has 4 saturated heterocycles. The summed E-state index contributed by atoms with van der Waals surface area (Å²) in [6, 6.07) is 10.6. The monoisotopic (exact) mass is 330 g/mol. The van der Waals surface area contributed by atoms with Crippen molar-refractivity contribution in [1.82, 2.24) is 20.4 Å². The molecule has 0 radical (unpaired) electrons. The van der Waals surface area contributed by atoms with E-state index in [1.54, 1.807) is 0 Å². The molecule has 4 heterocycles. The van der Waals surface area contributed by atoms with Gasteiger partial charge in [-0.05, 0) is 5.56 Å². The predicted octanol–water partition coefficient (Wildman–Crippen LogP) is -0.154. The number of urea groups is 1. The van der Waals surface area contributed by atoms with Gasteiger partial charge in [-0.2, -0.15) is 0 Å². The van der Waals surface area contributed by atoms with Crippen LogP contribution in [0.4, 0.5) is 4.79 Å². The Morgan fingerprint density at radius 2 is 1.83 bits per heavy atom. The van der Waals surface area contributed by atoms with Crippen molar-refractivity contribution in [3.05, 3.63) is 35.9 Å². The van der Waals surface area contributed by atoms with Crippen molar-refractivity contribution >= 4 is 6.03 Å². The zero-order valence-electron chi connectivity index (χ0n) is 13.9. The number of nitrogens with zero attached hydrogens (tertiary/aromatic N) is 2. The largest absolute Gasteiger partial charge is 0.395 e. The third-order valence-electron chi connectivity index (χ3n) is 5.83. The van der Waals surface area contributed by atoms with Gasteiger partial charge in [0.1, 0.15) is 0 Å². The van der Waals surface area contributed by atoms with Gasteiger partial charge in [-0.1, -0.05) is 30.3 Å². The van der Waals surface area contributed by atoms with E-state index in [0.29, 0.717) is 12.5 Å². The second kappa shape index (κ2) is 6.35. The fraction of sp³-hybridized carbons (Fsp3) is 0.611. The van der Waals surface area contributed by atoms with Gasteiger partial charge in [-0.15, -0.1) is 0 Å². The average molecular weight is 330 g/mol. The van der Waals surface area contributed by atoms with E-state index in [-0.39, 0.29) is 24.1 Å². The van der Waals surface area contributed by atoms with Gasteiger partial charge in [0, 0.05) is 63.2 Å². The molecule has 0 aliphatic carbocycles. The highest BCUT2D eigenvalue weighted by molar-refractivity contribution is 5.74. The minimum atomic E-state index is -0.166. The van der Waals surface area contributed by atoms with Crippen molar-refractivity contribution in [1.29, 1.82) is 0 Å². The van der Waals surface area contributed by atoms with Crippen molar-refractivity contribution in [3.8, 4) is 0 Å². The first-order valence-corrected chi connectivity index (χ1v) is 8.87. The van der Waals surface area contributed by atoms with E-state index in [2.05, 4.69) is 50.8 Å². The molecule has 6 nitrogen and oxygen atoms in total. The van der Waals surface area contributed by atoms with Crippen molar-refractivity contribution in [2.75, 3.05) is 52.4 Å². The molecule has 4 bridgehead atoms. The highest BCUT2D eigenvalue weighted by atomic mass is 16.3. The molecule has 24 heavy (non-hydrogen) atoms. The van der Waals surface area contributed by atoms with E-state index < -0.39 is 0 Å². The SMILES string of the molecule is O=C(NCCO)N[C@H]1C2CN3CCN(C2)CC1(c1ccccc1)C3. The summed E-state index contributed by atoms with van der Waals surface area (Å²) in [4.78, 5) is 17.4. The summed E-state index contributed by atoms with van der Waals surface area (Å²) in [6.45, 7) is 6.59. The Kier molecular flexibility index (Phi) is 4.20. The maximum Gasteiger partial charge on any atom is 0.315 e. The smallest absolute Gasteiger partial charge is 0.315 e. The zero-order valence-corrected chi connectivity index (χ0v) is 13.9. The number of piperidine rings is 2. The summed E-state index contributed by atoms with van der Waals surface area (Å²) >= 11 is 0. The van der Waals surface area contributed by atoms with E-state index in [9.17, 15) is 4.79 Å². The first-order valence-electron chi connectivity index (χ1n) is 8.87. The van der Waals surface area contributed by atoms with Crippen LogP contribution in [0.2, 0.25) is 0 Å². The van der Waals surface area contributed by atoms with Crippen LogP contribution in [0.15, 0.2) is 30.3 Å². The third-order valence-corrected chi connectivity index (χ3v) is 5.83. The zero-order chi connectivity index (χ0) is 16.6. The number of amides is 2. The van der Waals surface area contributed by atoms with Crippen LogP contribution in [0.1, 0.15) is 5.56 Å². The lowest BCUT2D eigenvalue weighted by Crippen LogP contribution is -2.71. The number of rotatable bonds is 4. The third kappa shape index (κ3) is 2.68. The molecular formula is C18H26N4O2. The van der Waals surface area contributed by atoms with Crippen LogP contribution < -0.4 is 10.6 Å². The first kappa shape index (κ1) is 15.9. The first-order chi connectivity index (χ1) is 11.7. The second-order valence-electron chi connectivity index (χ2n) is 7.35. The minimum Gasteiger partial charge on any atom is -0.395 e. The molecule has 4 aliphatic heterocycles. The van der Waals surface area contributed by atoms with Gasteiger partial charge in [0.15, 0.2) is 0 Å². The molecule has 2 amide bonds. The van der Waals surface area contributed by atoms with Gasteiger partial charge >= 0.3 is 6.03 Å². The van der Waals surface area contributed by atoms with E-state index in [0.717, 1.165) is 39.3 Å². The molecular weight excluding hydrogens is 304 g/mol. The Labute approximate surface area is 142 Å². The van der Waals surface area contributed by atoms with Crippen LogP contribution in [0, 0.1) is 5.92 Å². The Hall–Kier alpha value is -1.63. The lowest BCUT2D eigenvalue weighted by molar-refractivity contribution is 0.0230. The van der Waals surface area contributed by atoms with Crippen molar-refractivity contribution < 1.29 is 9.90 Å². The lowest BCUT2D eigenvalue weighted by Gasteiger charge is -2.55. The molecule has 1 aromatic carbocycles. The fourth-order valence-corrected chi connectivity index (χ4v) is 4.93. The number of aliphatic hydroxyl groups excluding tert-OH is 1. The van der Waals surface area contributed by atoms with Gasteiger partial charge in [0.25, 0.3) is 0 Å². The van der Waals surface area contributed by atoms with E-state index in [1.165, 1.54) is 5.56 Å². The molecule has 1 aromatic rings. The molecule has 6 heteroatoms. The highest BCUT2D eigenvalue weighted by Crippen LogP contribution is 2.43. The van der Waals surface area contributed by atoms with E-state index in [4.69, 9.17) is 5.11 Å². The van der Waals surface area contributed by atoms with Crippen molar-refractivity contribution in [2.24, 2.45) is 5.92 Å². The molecule has 0 spiro atoms. The fourth-order valence-electron chi connectivity index (χ4n) is 4.93. The molecule has 5 rings (SSSR count). The van der Waals surface area contributed by atoms with E-state index >= 15 is 0 Å². The summed E-state index contributed by atoms with van der Waals surface area (Å²) in [7, 11) is 0. The summed E-state index contributed by atoms with van der Waals surface area (Å²) in [6.07, 6.45) is 0. The maximum atomic E-state index is 12.3. The molecule has 4 aliphatic rings. The van der Waals surface area contributed by atoms with Crippen LogP contribution in [-0.4, -0.2) is 79.4 Å². The number of nitrogens with one attached hydrogen (secondary N) is 2. The molecule has 4 fully saturated rings. The van der Waals surface area contributed by atoms with E-state index in [1.807, 2.05) is 0 Å². The Balaban J connectivity index is 1.67. The standard InChI is InChI=1S/C18H26N4O2/c23-9-6-19-17(24)20-16-14-10-21-7-8-22(11-14)13-18(16,12-21)15-4-2-1-3-5-15/h1-5,14,16,23H,6-13H2,(H2,19,20,24)/t14?,16-,18?/m0/s1. The van der Waals surface area contributed by atoms with Gasteiger partial charge in [-0.25, -0.2) is 4.79 Å². The lowest BCUT2D eigenvalue weighted by atomic mass is 9.64. The number of benzene rings is 1. The molecule has 0 aromatic heterocycles. The summed E-state index contributed by atoms with van der Waals surface area (Å²) in [5.74, 6) is 0.440. The Morgan fingerprint density at radius 3 is 2.46 bits per heavy atom. The van der Waals surface area contributed by atoms with Gasteiger partial charge < -0.3 is 25.5 Å². The van der Waals surface area contributed by atoms with Gasteiger partial charge in [-0.3, -0.25) is 0 Å². The molecule has 130 valence electrons. The maximum absolute atomic E-state index is 12.3. The predicted molar refractivity (Wildman–Crippen MR) is 91.9 cm³/mol. The number of fused-ring (bicyclic) bond motifs is 1. The second-order valence-corrected chi connectivity index (χ2v) is 7.35. The quantitative estimate of drug-likeness (QED) is 0.718. The Bertz CT molecular complexity index is 578. The van der Waals surface area contributed by atoms with Crippen LogP contribution in [0.25, 0.3) is 0 Å². The molecule has 3 atom stereocenters. The highest BCUT2D eigenvalue weighted by Gasteiger charge is 2.55. The van der Waals surface area contributed by atoms with Crippen LogP contribution in [-0.2, 0) is 5.41 Å². The summed E-state index contributed by atoms with van der Waals surface area (Å²) in [5.41, 5.74) is 1.26. The Morgan fingerprint density at radius 1 is 1.17 bits per heavy atom. The van der Waals surface area contributed by atoms with Gasteiger partial charge in [0.2, 0.25) is 0 Å². The normalized spacial score (nSPS) is 37.0.